The lowest BCUT2D eigenvalue weighted by Crippen LogP contribution is -2.20. The van der Waals surface area contributed by atoms with Crippen LogP contribution < -0.4 is 18.9 Å². The van der Waals surface area contributed by atoms with Crippen molar-refractivity contribution in [2.75, 3.05) is 13.9 Å². The minimum absolute atomic E-state index is 0.0308. The molecule has 5 heteroatoms. The van der Waals surface area contributed by atoms with Crippen LogP contribution in [0.3, 0.4) is 0 Å². The minimum atomic E-state index is -0.285. The number of Topliss-reactive ketones (excluding diaryl/α,β-unsaturated/α-hetero) is 1. The van der Waals surface area contributed by atoms with Crippen molar-refractivity contribution in [2.24, 2.45) is 0 Å². The van der Waals surface area contributed by atoms with Gasteiger partial charge in [0.15, 0.2) is 17.3 Å². The number of methoxy groups -OCH3 is 1. The Hall–Kier alpha value is -2.95. The van der Waals surface area contributed by atoms with Crippen LogP contribution in [0.4, 0.5) is 0 Å². The molecule has 0 bridgehead atoms. The number of benzene rings is 2. The maximum absolute atomic E-state index is 12.4. The predicted octanol–water partition coefficient (Wildman–Crippen LogP) is 3.81. The third kappa shape index (κ3) is 2.43. The van der Waals surface area contributed by atoms with E-state index in [0.29, 0.717) is 28.6 Å². The van der Waals surface area contributed by atoms with E-state index in [1.807, 2.05) is 43.3 Å². The van der Waals surface area contributed by atoms with Crippen LogP contribution in [0.15, 0.2) is 47.7 Å². The van der Waals surface area contributed by atoms with Gasteiger partial charge in [0, 0.05) is 28.7 Å². The molecule has 0 fully saturated rings. The summed E-state index contributed by atoms with van der Waals surface area (Å²) in [6, 6.07) is 11.4. The average molecular weight is 338 g/mol. The van der Waals surface area contributed by atoms with Crippen molar-refractivity contribution in [3.63, 3.8) is 0 Å². The molecular weight excluding hydrogens is 320 g/mol. The van der Waals surface area contributed by atoms with Crippen molar-refractivity contribution in [1.82, 2.24) is 0 Å². The molecule has 0 unspecified atom stereocenters. The first-order chi connectivity index (χ1) is 12.1. The molecule has 0 N–H and O–H groups in total. The number of carbonyl (C=O) groups is 1. The second kappa shape index (κ2) is 5.84. The van der Waals surface area contributed by atoms with Gasteiger partial charge in [0.25, 0.3) is 0 Å². The van der Waals surface area contributed by atoms with Crippen molar-refractivity contribution >= 4 is 5.78 Å². The van der Waals surface area contributed by atoms with E-state index in [2.05, 4.69) is 0 Å². The van der Waals surface area contributed by atoms with Crippen molar-refractivity contribution in [1.29, 1.82) is 0 Å². The summed E-state index contributed by atoms with van der Waals surface area (Å²) < 4.78 is 22.4. The van der Waals surface area contributed by atoms with E-state index < -0.39 is 0 Å². The molecule has 2 aromatic rings. The molecule has 0 radical (unpaired) electrons. The molecule has 0 aliphatic carbocycles. The number of rotatable bonds is 3. The molecule has 128 valence electrons. The Bertz CT molecular complexity index is 897. The number of hydrogen-bond acceptors (Lipinski definition) is 5. The predicted molar refractivity (Wildman–Crippen MR) is 91.4 cm³/mol. The largest absolute Gasteiger partial charge is 0.496 e. The molecule has 0 saturated carbocycles. The smallest absolute Gasteiger partial charge is 0.231 e. The zero-order valence-corrected chi connectivity index (χ0v) is 14.3. The number of ether oxygens (including phenoxy) is 4. The lowest BCUT2D eigenvalue weighted by molar-refractivity contribution is -0.114. The van der Waals surface area contributed by atoms with E-state index >= 15 is 0 Å². The fourth-order valence-electron chi connectivity index (χ4n) is 3.51. The van der Waals surface area contributed by atoms with Gasteiger partial charge in [-0.3, -0.25) is 4.79 Å². The summed E-state index contributed by atoms with van der Waals surface area (Å²) in [7, 11) is 1.63. The normalized spacial score (nSPS) is 17.8. The molecule has 25 heavy (non-hydrogen) atoms. The minimum Gasteiger partial charge on any atom is -0.496 e. The third-order valence-electron chi connectivity index (χ3n) is 4.58. The number of fused-ring (bicyclic) bond motifs is 2. The Morgan fingerprint density at radius 2 is 1.80 bits per heavy atom. The highest BCUT2D eigenvalue weighted by Crippen LogP contribution is 2.50. The molecule has 5 nitrogen and oxygen atoms in total. The van der Waals surface area contributed by atoms with Crippen molar-refractivity contribution < 1.29 is 23.7 Å². The van der Waals surface area contributed by atoms with E-state index in [1.54, 1.807) is 14.0 Å². The van der Waals surface area contributed by atoms with Crippen molar-refractivity contribution in [3.8, 4) is 23.0 Å². The molecule has 4 rings (SSSR count). The number of hydrogen-bond donors (Lipinski definition) is 0. The monoisotopic (exact) mass is 338 g/mol. The van der Waals surface area contributed by atoms with Crippen LogP contribution in [0.1, 0.15) is 30.9 Å². The van der Waals surface area contributed by atoms with Crippen LogP contribution in [0.5, 0.6) is 23.0 Å². The molecule has 0 amide bonds. The van der Waals surface area contributed by atoms with Gasteiger partial charge in [-0.1, -0.05) is 18.2 Å². The summed E-state index contributed by atoms with van der Waals surface area (Å²) in [5.41, 5.74) is 2.40. The quantitative estimate of drug-likeness (QED) is 0.852. The fraction of sp³-hybridized carbons (Fsp3) is 0.250. The summed E-state index contributed by atoms with van der Waals surface area (Å²) in [6.45, 7) is 3.55. The molecule has 2 aliphatic rings. The Balaban J connectivity index is 1.97. The first-order valence-electron chi connectivity index (χ1n) is 8.06. The first kappa shape index (κ1) is 15.6. The summed E-state index contributed by atoms with van der Waals surface area (Å²) in [5, 5.41) is 0. The lowest BCUT2D eigenvalue weighted by atomic mass is 9.80. The first-order valence-corrected chi connectivity index (χ1v) is 8.06. The molecule has 1 atom stereocenters. The summed E-state index contributed by atoms with van der Waals surface area (Å²) in [4.78, 5) is 12.4. The summed E-state index contributed by atoms with van der Waals surface area (Å²) in [6.07, 6.45) is 0. The molecule has 0 aromatic heterocycles. The highest BCUT2D eigenvalue weighted by molar-refractivity contribution is 5.97. The van der Waals surface area contributed by atoms with Crippen molar-refractivity contribution in [3.05, 3.63) is 58.9 Å². The topological polar surface area (TPSA) is 54.0 Å². The lowest BCUT2D eigenvalue weighted by Gasteiger charge is -2.30. The second-order valence-corrected chi connectivity index (χ2v) is 6.05. The summed E-state index contributed by atoms with van der Waals surface area (Å²) >= 11 is 0. The number of para-hydroxylation sites is 1. The second-order valence-electron chi connectivity index (χ2n) is 6.05. The molecule has 2 aromatic carbocycles. The number of ketones is 1. The Kier molecular flexibility index (Phi) is 3.64. The van der Waals surface area contributed by atoms with E-state index in [0.717, 1.165) is 16.9 Å². The average Bonchev–Trinajstić information content (AvgIpc) is 3.05. The van der Waals surface area contributed by atoms with Gasteiger partial charge in [0.2, 0.25) is 6.79 Å². The highest BCUT2D eigenvalue weighted by atomic mass is 16.7. The van der Waals surface area contributed by atoms with Gasteiger partial charge in [-0.05, 0) is 26.0 Å². The maximum Gasteiger partial charge on any atom is 0.231 e. The SMILES string of the molecule is COc1ccccc1[C@@H]1C(C(C)=O)=C(C)Oc2cc3c(cc21)OCO3. The van der Waals surface area contributed by atoms with Crippen LogP contribution in [0.25, 0.3) is 0 Å². The zero-order valence-electron chi connectivity index (χ0n) is 14.3. The molecule has 0 spiro atoms. The number of carbonyl (C=O) groups excluding carboxylic acids is 1. The van der Waals surface area contributed by atoms with Crippen LogP contribution >= 0.6 is 0 Å². The Morgan fingerprint density at radius 3 is 2.52 bits per heavy atom. The standard InChI is InChI=1S/C20H18O5/c1-11(21)19-12(2)25-16-9-18-17(23-10-24-18)8-14(16)20(19)13-6-4-5-7-15(13)22-3/h4-9,20H,10H2,1-3H3/t20-/m0/s1. The van der Waals surface area contributed by atoms with Gasteiger partial charge in [0.1, 0.15) is 17.3 Å². The zero-order chi connectivity index (χ0) is 17.6. The van der Waals surface area contributed by atoms with Crippen LogP contribution in [0.2, 0.25) is 0 Å². The van der Waals surface area contributed by atoms with E-state index in [-0.39, 0.29) is 18.5 Å². The van der Waals surface area contributed by atoms with E-state index in [1.165, 1.54) is 0 Å². The van der Waals surface area contributed by atoms with Crippen LogP contribution in [-0.2, 0) is 4.79 Å². The van der Waals surface area contributed by atoms with Gasteiger partial charge in [0.05, 0.1) is 7.11 Å². The van der Waals surface area contributed by atoms with E-state index in [9.17, 15) is 4.79 Å². The maximum atomic E-state index is 12.4. The highest BCUT2D eigenvalue weighted by Gasteiger charge is 2.35. The van der Waals surface area contributed by atoms with Crippen LogP contribution in [-0.4, -0.2) is 19.7 Å². The van der Waals surface area contributed by atoms with Gasteiger partial charge in [-0.15, -0.1) is 0 Å². The molecule has 2 heterocycles. The van der Waals surface area contributed by atoms with Gasteiger partial charge in [-0.25, -0.2) is 0 Å². The Labute approximate surface area is 145 Å². The molecular formula is C20H18O5. The molecule has 0 saturated heterocycles. The Morgan fingerprint density at radius 1 is 1.08 bits per heavy atom. The van der Waals surface area contributed by atoms with Gasteiger partial charge in [-0.2, -0.15) is 0 Å². The van der Waals surface area contributed by atoms with Crippen LogP contribution in [0, 0.1) is 0 Å². The molecule has 2 aliphatic heterocycles. The van der Waals surface area contributed by atoms with Gasteiger partial charge < -0.3 is 18.9 Å². The van der Waals surface area contributed by atoms with Gasteiger partial charge >= 0.3 is 0 Å². The summed E-state index contributed by atoms with van der Waals surface area (Å²) in [5.74, 6) is 2.98. The van der Waals surface area contributed by atoms with E-state index in [4.69, 9.17) is 18.9 Å². The fourth-order valence-corrected chi connectivity index (χ4v) is 3.51. The third-order valence-corrected chi connectivity index (χ3v) is 4.58. The van der Waals surface area contributed by atoms with Crippen molar-refractivity contribution in [2.45, 2.75) is 19.8 Å². The number of allylic oxidation sites excluding steroid dienone is 2.